The Kier molecular flexibility index (Phi) is 3.55. The van der Waals surface area contributed by atoms with Crippen molar-refractivity contribution in [3.63, 3.8) is 0 Å². The minimum absolute atomic E-state index is 0.0673. The fourth-order valence-electron chi connectivity index (χ4n) is 1.12. The number of carbonyl (C=O) groups is 1. The summed E-state index contributed by atoms with van der Waals surface area (Å²) in [6, 6.07) is 0. The first-order chi connectivity index (χ1) is 8.15. The van der Waals surface area contributed by atoms with Crippen LogP contribution in [-0.2, 0) is 6.54 Å². The minimum Gasteiger partial charge on any atom is -0.476 e. The maximum Gasteiger partial charge on any atom is 0.358 e. The normalized spacial score (nSPS) is 10.4. The lowest BCUT2D eigenvalue weighted by molar-refractivity contribution is 0.0690. The van der Waals surface area contributed by atoms with Gasteiger partial charge in [0.25, 0.3) is 0 Å². The van der Waals surface area contributed by atoms with Crippen molar-refractivity contribution in [2.24, 2.45) is 0 Å². The largest absolute Gasteiger partial charge is 0.476 e. The van der Waals surface area contributed by atoms with Gasteiger partial charge in [0.05, 0.1) is 12.7 Å². The van der Waals surface area contributed by atoms with Crippen LogP contribution in [0.5, 0.6) is 0 Å². The Bertz CT molecular complexity index is 525. The molecular weight excluding hydrogens is 266 g/mol. The topological polar surface area (TPSA) is 92.9 Å². The molecule has 2 heterocycles. The number of nitrogens with zero attached hydrogens (tertiary/aromatic N) is 4. The van der Waals surface area contributed by atoms with Gasteiger partial charge in [0.2, 0.25) is 0 Å². The van der Waals surface area contributed by atoms with E-state index in [1.807, 2.05) is 0 Å². The number of aromatic carboxylic acids is 1. The molecule has 2 N–H and O–H groups in total. The predicted molar refractivity (Wildman–Crippen MR) is 62.6 cm³/mol. The predicted octanol–water partition coefficient (Wildman–Crippen LogP) is 1.20. The molecule has 0 radical (unpaired) electrons. The molecule has 0 saturated heterocycles. The summed E-state index contributed by atoms with van der Waals surface area (Å²) < 4.78 is 1.45. The zero-order valence-corrected chi connectivity index (χ0v) is 10.1. The van der Waals surface area contributed by atoms with Gasteiger partial charge in [-0.15, -0.1) is 16.4 Å². The van der Waals surface area contributed by atoms with Gasteiger partial charge in [-0.05, 0) is 0 Å². The Morgan fingerprint density at radius 1 is 1.65 bits per heavy atom. The summed E-state index contributed by atoms with van der Waals surface area (Å²) in [6.45, 7) is 1.06. The van der Waals surface area contributed by atoms with E-state index >= 15 is 0 Å². The summed E-state index contributed by atoms with van der Waals surface area (Å²) in [4.78, 5) is 14.6. The third kappa shape index (κ3) is 3.14. The van der Waals surface area contributed by atoms with Gasteiger partial charge in [-0.2, -0.15) is 0 Å². The first-order valence-electron chi connectivity index (χ1n) is 4.63. The molecule has 0 atom stereocenters. The first-order valence-corrected chi connectivity index (χ1v) is 5.89. The van der Waals surface area contributed by atoms with E-state index in [0.29, 0.717) is 23.4 Å². The van der Waals surface area contributed by atoms with Crippen molar-refractivity contribution >= 4 is 34.0 Å². The van der Waals surface area contributed by atoms with Gasteiger partial charge in [-0.3, -0.25) is 0 Å². The molecule has 2 rings (SSSR count). The van der Waals surface area contributed by atoms with E-state index in [1.165, 1.54) is 22.2 Å². The van der Waals surface area contributed by atoms with Gasteiger partial charge in [-0.25, -0.2) is 14.5 Å². The fraction of sp³-hybridized carbons (Fsp3) is 0.250. The van der Waals surface area contributed by atoms with E-state index < -0.39 is 5.97 Å². The molecule has 0 unspecified atom stereocenters. The van der Waals surface area contributed by atoms with E-state index in [2.05, 4.69) is 20.6 Å². The SMILES string of the molecule is O=C(O)c1cn(CCNc2nc(Cl)cs2)nn1. The number of rotatable bonds is 5. The molecule has 0 amide bonds. The Hall–Kier alpha value is -1.67. The van der Waals surface area contributed by atoms with Gasteiger partial charge in [-0.1, -0.05) is 16.8 Å². The maximum absolute atomic E-state index is 10.6. The van der Waals surface area contributed by atoms with E-state index in [1.54, 1.807) is 5.38 Å². The molecule has 0 saturated carbocycles. The third-order valence-electron chi connectivity index (χ3n) is 1.85. The second-order valence-electron chi connectivity index (χ2n) is 3.07. The molecule has 7 nitrogen and oxygen atoms in total. The number of aromatic nitrogens is 4. The Morgan fingerprint density at radius 2 is 2.47 bits per heavy atom. The molecule has 9 heteroatoms. The smallest absolute Gasteiger partial charge is 0.358 e. The molecule has 2 aromatic rings. The Labute approximate surface area is 105 Å². The van der Waals surface area contributed by atoms with Gasteiger partial charge < -0.3 is 10.4 Å². The third-order valence-corrected chi connectivity index (χ3v) is 2.97. The zero-order valence-electron chi connectivity index (χ0n) is 8.50. The molecular formula is C8H8ClN5O2S. The molecule has 0 fully saturated rings. The summed E-state index contributed by atoms with van der Waals surface area (Å²) in [5, 5.41) is 21.8. The number of halogens is 1. The van der Waals surface area contributed by atoms with Crippen molar-refractivity contribution in [2.75, 3.05) is 11.9 Å². The van der Waals surface area contributed by atoms with Crippen molar-refractivity contribution in [1.82, 2.24) is 20.0 Å². The standard InChI is InChI=1S/C8H8ClN5O2S/c9-6-4-17-8(11-6)10-1-2-14-3-5(7(15)16)12-13-14/h3-4H,1-2H2,(H,10,11)(H,15,16). The lowest BCUT2D eigenvalue weighted by Crippen LogP contribution is -2.10. The number of anilines is 1. The van der Waals surface area contributed by atoms with Crippen LogP contribution in [0.25, 0.3) is 0 Å². The fourth-order valence-corrected chi connectivity index (χ4v) is 1.98. The number of hydrogen-bond donors (Lipinski definition) is 2. The van der Waals surface area contributed by atoms with Crippen molar-refractivity contribution in [2.45, 2.75) is 6.54 Å². The zero-order chi connectivity index (χ0) is 12.3. The average Bonchev–Trinajstić information content (AvgIpc) is 2.88. The minimum atomic E-state index is -1.09. The van der Waals surface area contributed by atoms with Crippen LogP contribution in [0.15, 0.2) is 11.6 Å². The van der Waals surface area contributed by atoms with E-state index in [9.17, 15) is 4.79 Å². The summed E-state index contributed by atoms with van der Waals surface area (Å²) in [7, 11) is 0. The van der Waals surface area contributed by atoms with Crippen molar-refractivity contribution in [1.29, 1.82) is 0 Å². The monoisotopic (exact) mass is 273 g/mol. The molecule has 0 aromatic carbocycles. The van der Waals surface area contributed by atoms with Crippen molar-refractivity contribution in [3.8, 4) is 0 Å². The Morgan fingerprint density at radius 3 is 3.06 bits per heavy atom. The highest BCUT2D eigenvalue weighted by molar-refractivity contribution is 7.14. The number of nitrogens with one attached hydrogen (secondary N) is 1. The summed E-state index contributed by atoms with van der Waals surface area (Å²) in [6.07, 6.45) is 1.37. The second-order valence-corrected chi connectivity index (χ2v) is 4.32. The van der Waals surface area contributed by atoms with Crippen LogP contribution in [0.2, 0.25) is 5.15 Å². The van der Waals surface area contributed by atoms with Gasteiger partial charge >= 0.3 is 5.97 Å². The van der Waals surface area contributed by atoms with Crippen molar-refractivity contribution < 1.29 is 9.90 Å². The van der Waals surface area contributed by atoms with Gasteiger partial charge in [0.1, 0.15) is 5.15 Å². The van der Waals surface area contributed by atoms with Crippen molar-refractivity contribution in [3.05, 3.63) is 22.4 Å². The highest BCUT2D eigenvalue weighted by Gasteiger charge is 2.07. The number of hydrogen-bond acceptors (Lipinski definition) is 6. The lowest BCUT2D eigenvalue weighted by Gasteiger charge is -2.01. The molecule has 0 spiro atoms. The molecule has 17 heavy (non-hydrogen) atoms. The van der Waals surface area contributed by atoms with Crippen LogP contribution >= 0.6 is 22.9 Å². The maximum atomic E-state index is 10.6. The number of carboxylic acid groups (broad SMARTS) is 1. The van der Waals surface area contributed by atoms with E-state index in [4.69, 9.17) is 16.7 Å². The summed E-state index contributed by atoms with van der Waals surface area (Å²) in [5.41, 5.74) is -0.0673. The second kappa shape index (κ2) is 5.11. The van der Waals surface area contributed by atoms with E-state index in [0.717, 1.165) is 0 Å². The number of thiazole rings is 1. The highest BCUT2D eigenvalue weighted by Crippen LogP contribution is 2.18. The molecule has 0 bridgehead atoms. The molecule has 0 aliphatic carbocycles. The average molecular weight is 274 g/mol. The summed E-state index contributed by atoms with van der Waals surface area (Å²) >= 11 is 7.06. The molecule has 0 aliphatic rings. The van der Waals surface area contributed by atoms with Crippen LogP contribution in [0.4, 0.5) is 5.13 Å². The lowest BCUT2D eigenvalue weighted by atomic mass is 10.5. The molecule has 2 aromatic heterocycles. The van der Waals surface area contributed by atoms with Crippen LogP contribution in [0, 0.1) is 0 Å². The quantitative estimate of drug-likeness (QED) is 0.850. The Balaban J connectivity index is 1.83. The van der Waals surface area contributed by atoms with Crippen LogP contribution < -0.4 is 5.32 Å². The first kappa shape index (κ1) is 11.8. The number of carboxylic acids is 1. The van der Waals surface area contributed by atoms with E-state index in [-0.39, 0.29) is 5.69 Å². The van der Waals surface area contributed by atoms with Crippen LogP contribution in [0.1, 0.15) is 10.5 Å². The van der Waals surface area contributed by atoms with Gasteiger partial charge in [0, 0.05) is 11.9 Å². The molecule has 0 aliphatic heterocycles. The van der Waals surface area contributed by atoms with Gasteiger partial charge in [0.15, 0.2) is 10.8 Å². The van der Waals surface area contributed by atoms with Crippen LogP contribution in [0.3, 0.4) is 0 Å². The molecule has 90 valence electrons. The summed E-state index contributed by atoms with van der Waals surface area (Å²) in [5.74, 6) is -1.09. The van der Waals surface area contributed by atoms with Crippen LogP contribution in [-0.4, -0.2) is 37.6 Å². The highest BCUT2D eigenvalue weighted by atomic mass is 35.5.